The third kappa shape index (κ3) is 5.73. The number of anilines is 1. The Kier molecular flexibility index (Phi) is 8.25. The van der Waals surface area contributed by atoms with Crippen molar-refractivity contribution in [3.05, 3.63) is 77.3 Å². The zero-order valence-electron chi connectivity index (χ0n) is 18.9. The van der Waals surface area contributed by atoms with Crippen LogP contribution in [-0.2, 0) is 14.8 Å². The molecule has 0 heterocycles. The third-order valence-corrected chi connectivity index (χ3v) is 6.98. The quantitative estimate of drug-likeness (QED) is 0.297. The topological polar surface area (TPSA) is 91.4 Å². The van der Waals surface area contributed by atoms with Crippen molar-refractivity contribution >= 4 is 33.3 Å². The van der Waals surface area contributed by atoms with Crippen molar-refractivity contribution in [1.82, 2.24) is 0 Å². The van der Waals surface area contributed by atoms with Crippen molar-refractivity contribution in [1.29, 1.82) is 0 Å². The zero-order chi connectivity index (χ0) is 24.7. The van der Waals surface area contributed by atoms with Crippen molar-refractivity contribution in [3.8, 4) is 17.2 Å². The number of sulfonamides is 1. The molecule has 0 amide bonds. The summed E-state index contributed by atoms with van der Waals surface area (Å²) in [6.45, 7) is 0.0451. The Balaban J connectivity index is 1.70. The van der Waals surface area contributed by atoms with Crippen LogP contribution in [0, 0.1) is 0 Å². The molecule has 0 radical (unpaired) electrons. The van der Waals surface area contributed by atoms with Gasteiger partial charge in [0.15, 0.2) is 0 Å². The van der Waals surface area contributed by atoms with Crippen molar-refractivity contribution in [3.63, 3.8) is 0 Å². The number of esters is 1. The molecule has 0 aliphatic carbocycles. The molecule has 0 bridgehead atoms. The van der Waals surface area contributed by atoms with E-state index < -0.39 is 16.0 Å². The van der Waals surface area contributed by atoms with Gasteiger partial charge in [-0.2, -0.15) is 0 Å². The van der Waals surface area contributed by atoms with Gasteiger partial charge in [-0.15, -0.1) is 0 Å². The molecule has 0 aliphatic rings. The van der Waals surface area contributed by atoms with Crippen molar-refractivity contribution in [2.24, 2.45) is 0 Å². The molecule has 0 fully saturated rings. The van der Waals surface area contributed by atoms with Gasteiger partial charge in [0.1, 0.15) is 30.5 Å². The molecule has 0 saturated heterocycles. The summed E-state index contributed by atoms with van der Waals surface area (Å²) in [7, 11) is 0.406. The van der Waals surface area contributed by atoms with Crippen LogP contribution in [-0.4, -0.2) is 48.9 Å². The van der Waals surface area contributed by atoms with Gasteiger partial charge in [-0.05, 0) is 54.6 Å². The normalized spacial score (nSPS) is 10.9. The number of benzene rings is 3. The van der Waals surface area contributed by atoms with Crippen molar-refractivity contribution < 1.29 is 32.2 Å². The molecule has 3 aromatic rings. The summed E-state index contributed by atoms with van der Waals surface area (Å²) in [4.78, 5) is 12.5. The highest BCUT2D eigenvalue weighted by atomic mass is 35.5. The Morgan fingerprint density at radius 3 is 2.26 bits per heavy atom. The van der Waals surface area contributed by atoms with Crippen LogP contribution in [0.4, 0.5) is 5.69 Å². The Bertz CT molecular complexity index is 1250. The summed E-state index contributed by atoms with van der Waals surface area (Å²) >= 11 is 6.15. The Morgan fingerprint density at radius 1 is 0.912 bits per heavy atom. The van der Waals surface area contributed by atoms with Crippen LogP contribution in [0.2, 0.25) is 5.02 Å². The molecule has 0 aromatic heterocycles. The number of hydrogen-bond acceptors (Lipinski definition) is 7. The Morgan fingerprint density at radius 2 is 1.59 bits per heavy atom. The van der Waals surface area contributed by atoms with Crippen molar-refractivity contribution in [2.75, 3.05) is 38.8 Å². The average Bonchev–Trinajstić information content (AvgIpc) is 2.86. The maximum atomic E-state index is 13.2. The van der Waals surface area contributed by atoms with Gasteiger partial charge in [0.25, 0.3) is 10.0 Å². The molecule has 0 saturated carbocycles. The number of para-hydroxylation sites is 2. The number of ether oxygens (including phenoxy) is 4. The molecule has 180 valence electrons. The standard InChI is InChI=1S/C24H24ClNO7S/c1-26(22-6-4-5-7-23(22)31-3)34(28,29)19-12-13-21(25)20(16-19)24(27)33-15-14-32-18-10-8-17(30-2)9-11-18/h4-13,16H,14-15H2,1-3H3. The lowest BCUT2D eigenvalue weighted by Crippen LogP contribution is -2.27. The number of halogens is 1. The van der Waals surface area contributed by atoms with Crippen LogP contribution < -0.4 is 18.5 Å². The highest BCUT2D eigenvalue weighted by molar-refractivity contribution is 7.92. The molecule has 0 spiro atoms. The fraction of sp³-hybridized carbons (Fsp3) is 0.208. The van der Waals surface area contributed by atoms with E-state index in [1.54, 1.807) is 55.6 Å². The molecular weight excluding hydrogens is 482 g/mol. The minimum atomic E-state index is -4.01. The number of nitrogens with zero attached hydrogens (tertiary/aromatic N) is 1. The first kappa shape index (κ1) is 25.2. The first-order chi connectivity index (χ1) is 16.3. The largest absolute Gasteiger partial charge is 0.497 e. The Hall–Kier alpha value is -3.43. The van der Waals surface area contributed by atoms with Crippen LogP contribution in [0.25, 0.3) is 0 Å². The molecular formula is C24H24ClNO7S. The fourth-order valence-corrected chi connectivity index (χ4v) is 4.47. The second kappa shape index (κ2) is 11.1. The number of carbonyl (C=O) groups is 1. The predicted molar refractivity (Wildman–Crippen MR) is 129 cm³/mol. The van der Waals surface area contributed by atoms with Gasteiger partial charge in [-0.25, -0.2) is 13.2 Å². The lowest BCUT2D eigenvalue weighted by Gasteiger charge is -2.22. The van der Waals surface area contributed by atoms with Crippen LogP contribution in [0.3, 0.4) is 0 Å². The van der Waals surface area contributed by atoms with Crippen LogP contribution in [0.1, 0.15) is 10.4 Å². The van der Waals surface area contributed by atoms with E-state index in [0.717, 1.165) is 4.31 Å². The second-order valence-electron chi connectivity index (χ2n) is 6.95. The van der Waals surface area contributed by atoms with Gasteiger partial charge in [-0.1, -0.05) is 23.7 Å². The first-order valence-corrected chi connectivity index (χ1v) is 11.9. The zero-order valence-corrected chi connectivity index (χ0v) is 20.4. The van der Waals surface area contributed by atoms with Gasteiger partial charge >= 0.3 is 5.97 Å². The van der Waals surface area contributed by atoms with E-state index in [9.17, 15) is 13.2 Å². The summed E-state index contributed by atoms with van der Waals surface area (Å²) in [6, 6.07) is 17.5. The van der Waals surface area contributed by atoms with Crippen LogP contribution in [0.15, 0.2) is 71.6 Å². The maximum Gasteiger partial charge on any atom is 0.339 e. The van der Waals surface area contributed by atoms with Gasteiger partial charge < -0.3 is 18.9 Å². The highest BCUT2D eigenvalue weighted by Gasteiger charge is 2.26. The van der Waals surface area contributed by atoms with E-state index in [2.05, 4.69) is 0 Å². The lowest BCUT2D eigenvalue weighted by atomic mass is 10.2. The monoisotopic (exact) mass is 505 g/mol. The molecule has 0 aliphatic heterocycles. The molecule has 0 atom stereocenters. The van der Waals surface area contributed by atoms with E-state index in [0.29, 0.717) is 22.9 Å². The van der Waals surface area contributed by atoms with E-state index >= 15 is 0 Å². The molecule has 10 heteroatoms. The van der Waals surface area contributed by atoms with E-state index in [4.69, 9.17) is 30.5 Å². The van der Waals surface area contributed by atoms with Gasteiger partial charge in [0.05, 0.1) is 35.4 Å². The molecule has 0 N–H and O–H groups in total. The molecule has 34 heavy (non-hydrogen) atoms. The SMILES string of the molecule is COc1ccc(OCCOC(=O)c2cc(S(=O)(=O)N(C)c3ccccc3OC)ccc2Cl)cc1. The molecule has 8 nitrogen and oxygen atoms in total. The minimum absolute atomic E-state index is 0.0563. The van der Waals surface area contributed by atoms with E-state index in [1.165, 1.54) is 32.4 Å². The van der Waals surface area contributed by atoms with Gasteiger partial charge in [0, 0.05) is 7.05 Å². The summed E-state index contributed by atoms with van der Waals surface area (Å²) in [5.74, 6) is 0.904. The predicted octanol–water partition coefficient (Wildman–Crippen LogP) is 4.42. The fourth-order valence-electron chi connectivity index (χ4n) is 3.04. The maximum absolute atomic E-state index is 13.2. The minimum Gasteiger partial charge on any atom is -0.497 e. The number of methoxy groups -OCH3 is 2. The number of carbonyl (C=O) groups excluding carboxylic acids is 1. The number of rotatable bonds is 10. The summed E-state index contributed by atoms with van der Waals surface area (Å²) in [5.41, 5.74) is 0.278. The average molecular weight is 506 g/mol. The molecule has 3 rings (SSSR count). The van der Waals surface area contributed by atoms with Gasteiger partial charge in [-0.3, -0.25) is 4.31 Å². The van der Waals surface area contributed by atoms with E-state index in [1.807, 2.05) is 0 Å². The van der Waals surface area contributed by atoms with Crippen LogP contribution >= 0.6 is 11.6 Å². The highest BCUT2D eigenvalue weighted by Crippen LogP contribution is 2.32. The van der Waals surface area contributed by atoms with E-state index in [-0.39, 0.29) is 28.7 Å². The summed E-state index contributed by atoms with van der Waals surface area (Å²) < 4.78 is 48.6. The lowest BCUT2D eigenvalue weighted by molar-refractivity contribution is 0.0450. The number of hydrogen-bond donors (Lipinski definition) is 0. The van der Waals surface area contributed by atoms with Crippen molar-refractivity contribution in [2.45, 2.75) is 4.90 Å². The van der Waals surface area contributed by atoms with Gasteiger partial charge in [0.2, 0.25) is 0 Å². The molecule has 3 aromatic carbocycles. The second-order valence-corrected chi connectivity index (χ2v) is 9.32. The Labute approximate surface area is 203 Å². The summed E-state index contributed by atoms with van der Waals surface area (Å²) in [6.07, 6.45) is 0. The van der Waals surface area contributed by atoms with Crippen LogP contribution in [0.5, 0.6) is 17.2 Å². The summed E-state index contributed by atoms with van der Waals surface area (Å²) in [5, 5.41) is 0.0694. The smallest absolute Gasteiger partial charge is 0.339 e. The molecule has 0 unspecified atom stereocenters. The third-order valence-electron chi connectivity index (χ3n) is 4.89. The first-order valence-electron chi connectivity index (χ1n) is 10.1.